The van der Waals surface area contributed by atoms with Gasteiger partial charge in [-0.05, 0) is 52.8 Å². The molecule has 6 nitrogen and oxygen atoms in total. The van der Waals surface area contributed by atoms with E-state index in [1.807, 2.05) is 73.5 Å². The number of Topliss-reactive ketones (excluding diaryl/α,β-unsaturated/α-hetero) is 1. The highest BCUT2D eigenvalue weighted by molar-refractivity contribution is 8.23. The molecule has 170 valence electrons. The lowest BCUT2D eigenvalue weighted by Gasteiger charge is -2.20. The van der Waals surface area contributed by atoms with Crippen molar-refractivity contribution in [3.8, 4) is 11.4 Å². The van der Waals surface area contributed by atoms with Crippen molar-refractivity contribution in [2.24, 2.45) is 7.05 Å². The fraction of sp³-hybridized carbons (Fsp3) is 0.375. The number of aromatic nitrogens is 3. The minimum atomic E-state index is -0.117. The molecule has 0 saturated heterocycles. The lowest BCUT2D eigenvalue weighted by molar-refractivity contribution is 0.102. The van der Waals surface area contributed by atoms with Crippen molar-refractivity contribution < 1.29 is 4.79 Å². The number of carbonyl (C=O) groups excluding carboxylic acids is 1. The summed E-state index contributed by atoms with van der Waals surface area (Å²) in [5, 5.41) is 0. The number of nitrogens with zero attached hydrogens (tertiary/aromatic N) is 4. The zero-order valence-corrected chi connectivity index (χ0v) is 21.1. The van der Waals surface area contributed by atoms with E-state index in [1.165, 1.54) is 11.8 Å². The van der Waals surface area contributed by atoms with Crippen LogP contribution in [0.15, 0.2) is 41.2 Å². The Morgan fingerprint density at radius 1 is 1.06 bits per heavy atom. The maximum absolute atomic E-state index is 13.5. The van der Waals surface area contributed by atoms with Crippen molar-refractivity contribution >= 4 is 34.1 Å². The molecule has 0 bridgehead atoms. The minimum Gasteiger partial charge on any atom is -0.358 e. The van der Waals surface area contributed by atoms with Crippen molar-refractivity contribution in [3.63, 3.8) is 0 Å². The topological polar surface area (TPSA) is 52.2 Å². The maximum atomic E-state index is 13.5. The first kappa shape index (κ1) is 24.1. The fourth-order valence-corrected chi connectivity index (χ4v) is 5.26. The largest absolute Gasteiger partial charge is 0.358 e. The predicted octanol–water partition coefficient (Wildman–Crippen LogP) is 4.43. The Bertz CT molecular complexity index is 1200. The van der Waals surface area contributed by atoms with Crippen molar-refractivity contribution in [3.05, 3.63) is 69.4 Å². The highest BCUT2D eigenvalue weighted by atomic mass is 32.2. The van der Waals surface area contributed by atoms with Crippen LogP contribution in [0.1, 0.15) is 41.3 Å². The minimum absolute atomic E-state index is 0.0147. The van der Waals surface area contributed by atoms with E-state index in [0.29, 0.717) is 11.3 Å². The molecule has 0 atom stereocenters. The van der Waals surface area contributed by atoms with Gasteiger partial charge < -0.3 is 9.47 Å². The molecule has 0 aliphatic rings. The maximum Gasteiger partial charge on any atom is 0.295 e. The van der Waals surface area contributed by atoms with E-state index in [9.17, 15) is 9.59 Å². The molecule has 0 unspecified atom stereocenters. The van der Waals surface area contributed by atoms with Crippen LogP contribution in [-0.2, 0) is 7.05 Å². The van der Waals surface area contributed by atoms with Crippen molar-refractivity contribution in [2.75, 3.05) is 18.8 Å². The molecule has 0 amide bonds. The molecule has 32 heavy (non-hydrogen) atoms. The van der Waals surface area contributed by atoms with Gasteiger partial charge in [-0.2, -0.15) is 0 Å². The van der Waals surface area contributed by atoms with E-state index in [1.54, 1.807) is 4.68 Å². The summed E-state index contributed by atoms with van der Waals surface area (Å²) in [6.45, 7) is 11.5. The number of carbonyl (C=O) groups is 1. The first-order chi connectivity index (χ1) is 15.2. The van der Waals surface area contributed by atoms with Gasteiger partial charge in [-0.15, -0.1) is 0 Å². The third-order valence-corrected chi connectivity index (χ3v) is 7.35. The van der Waals surface area contributed by atoms with Gasteiger partial charge in [-0.1, -0.05) is 42.2 Å². The normalized spacial score (nSPS) is 11.1. The Kier molecular flexibility index (Phi) is 7.46. The number of ketones is 1. The average molecular weight is 471 g/mol. The number of benzene rings is 1. The van der Waals surface area contributed by atoms with Crippen molar-refractivity contribution in [2.45, 2.75) is 34.6 Å². The first-order valence-corrected chi connectivity index (χ1v) is 12.1. The van der Waals surface area contributed by atoms with Crippen LogP contribution >= 0.6 is 24.0 Å². The summed E-state index contributed by atoms with van der Waals surface area (Å²) in [6, 6.07) is 11.4. The number of thioether (sulfide) groups is 1. The van der Waals surface area contributed by atoms with E-state index in [2.05, 4.69) is 18.7 Å². The van der Waals surface area contributed by atoms with Gasteiger partial charge in [0, 0.05) is 37.1 Å². The van der Waals surface area contributed by atoms with E-state index in [-0.39, 0.29) is 17.1 Å². The Morgan fingerprint density at radius 3 is 2.28 bits per heavy atom. The average Bonchev–Trinajstić information content (AvgIpc) is 3.19. The number of para-hydroxylation sites is 1. The molecule has 8 heteroatoms. The second-order valence-electron chi connectivity index (χ2n) is 7.68. The number of thiocarbonyl (C=S) groups is 1. The molecular formula is C24H30N4O2S2. The third kappa shape index (κ3) is 4.34. The molecule has 0 aliphatic carbocycles. The number of hydrogen-bond donors (Lipinski definition) is 0. The monoisotopic (exact) mass is 470 g/mol. The highest BCUT2D eigenvalue weighted by Gasteiger charge is 2.24. The van der Waals surface area contributed by atoms with Crippen molar-refractivity contribution in [1.29, 1.82) is 0 Å². The van der Waals surface area contributed by atoms with Crippen molar-refractivity contribution in [1.82, 2.24) is 18.8 Å². The summed E-state index contributed by atoms with van der Waals surface area (Å²) in [5.41, 5.74) is 4.34. The van der Waals surface area contributed by atoms with Gasteiger partial charge in [-0.3, -0.25) is 14.3 Å². The Morgan fingerprint density at radius 2 is 1.69 bits per heavy atom. The van der Waals surface area contributed by atoms with E-state index >= 15 is 0 Å². The summed E-state index contributed by atoms with van der Waals surface area (Å²) in [5.74, 6) is 0.294. The van der Waals surface area contributed by atoms with Crippen LogP contribution in [0.4, 0.5) is 0 Å². The number of hydrogen-bond acceptors (Lipinski definition) is 4. The first-order valence-electron chi connectivity index (χ1n) is 10.7. The van der Waals surface area contributed by atoms with E-state index < -0.39 is 0 Å². The van der Waals surface area contributed by atoms with Crippen LogP contribution in [0.2, 0.25) is 0 Å². The molecule has 0 aliphatic heterocycles. The molecule has 0 saturated carbocycles. The molecule has 0 spiro atoms. The predicted molar refractivity (Wildman–Crippen MR) is 137 cm³/mol. The molecule has 2 heterocycles. The zero-order chi connectivity index (χ0) is 23.6. The molecule has 2 aromatic heterocycles. The van der Waals surface area contributed by atoms with Gasteiger partial charge in [-0.25, -0.2) is 4.68 Å². The Hall–Kier alpha value is -2.58. The zero-order valence-electron chi connectivity index (χ0n) is 19.5. The summed E-state index contributed by atoms with van der Waals surface area (Å²) in [7, 11) is 1.87. The quantitative estimate of drug-likeness (QED) is 0.378. The second-order valence-corrected chi connectivity index (χ2v) is 9.29. The van der Waals surface area contributed by atoms with Crippen LogP contribution in [-0.4, -0.2) is 47.8 Å². The third-order valence-electron chi connectivity index (χ3n) is 5.83. The highest BCUT2D eigenvalue weighted by Crippen LogP contribution is 2.24. The van der Waals surface area contributed by atoms with Gasteiger partial charge in [0.1, 0.15) is 10.0 Å². The fourth-order valence-electron chi connectivity index (χ4n) is 3.98. The molecular weight excluding hydrogens is 440 g/mol. The summed E-state index contributed by atoms with van der Waals surface area (Å²) in [6.07, 6.45) is 0. The van der Waals surface area contributed by atoms with Gasteiger partial charge >= 0.3 is 0 Å². The summed E-state index contributed by atoms with van der Waals surface area (Å²) < 4.78 is 6.15. The van der Waals surface area contributed by atoms with E-state index in [0.717, 1.165) is 40.2 Å². The lowest BCUT2D eigenvalue weighted by atomic mass is 10.2. The summed E-state index contributed by atoms with van der Waals surface area (Å²) in [4.78, 5) is 28.6. The van der Waals surface area contributed by atoms with Crippen LogP contribution in [0.25, 0.3) is 11.4 Å². The van der Waals surface area contributed by atoms with E-state index in [4.69, 9.17) is 12.2 Å². The molecule has 3 aromatic rings. The van der Waals surface area contributed by atoms with Crippen LogP contribution in [0.3, 0.4) is 0 Å². The van der Waals surface area contributed by atoms with Gasteiger partial charge in [0.15, 0.2) is 5.78 Å². The van der Waals surface area contributed by atoms with Gasteiger partial charge in [0.2, 0.25) is 0 Å². The van der Waals surface area contributed by atoms with Gasteiger partial charge in [0.05, 0.1) is 17.1 Å². The SMILES string of the molecule is CCN(CC)C(=S)SCC(=O)c1cc(C)n(-c2c(C)n(C)n(-c3ccccc3)c2=O)c1C. The summed E-state index contributed by atoms with van der Waals surface area (Å²) >= 11 is 6.86. The molecule has 0 N–H and O–H groups in total. The molecule has 1 aromatic carbocycles. The lowest BCUT2D eigenvalue weighted by Crippen LogP contribution is -2.27. The molecule has 3 rings (SSSR count). The number of aryl methyl sites for hydroxylation is 1. The molecule has 0 radical (unpaired) electrons. The van der Waals surface area contributed by atoms with Gasteiger partial charge in [0.25, 0.3) is 5.56 Å². The smallest absolute Gasteiger partial charge is 0.295 e. The van der Waals surface area contributed by atoms with Crippen LogP contribution in [0, 0.1) is 20.8 Å². The second kappa shape index (κ2) is 9.92. The standard InChI is InChI=1S/C24H30N4O2S2/c1-7-26(8-2)24(31)32-15-21(29)20-14-16(3)27(17(20)4)22-18(5)25(6)28(23(22)30)19-12-10-9-11-13-19/h9-14H,7-8,15H2,1-6H3. The Balaban J connectivity index is 1.98. The van der Waals surface area contributed by atoms with Crippen LogP contribution < -0.4 is 5.56 Å². The number of rotatable bonds is 7. The Labute approximate surface area is 198 Å². The molecule has 0 fully saturated rings. The van der Waals surface area contributed by atoms with Crippen LogP contribution in [0.5, 0.6) is 0 Å².